The van der Waals surface area contributed by atoms with Crippen molar-refractivity contribution in [2.45, 2.75) is 18.7 Å². The molecule has 0 bridgehead atoms. The third-order valence-electron chi connectivity index (χ3n) is 4.27. The van der Waals surface area contributed by atoms with Crippen LogP contribution in [0.4, 0.5) is 19.0 Å². The first-order valence-electron chi connectivity index (χ1n) is 7.81. The van der Waals surface area contributed by atoms with Gasteiger partial charge in [-0.2, -0.15) is 15.1 Å². The normalized spacial score (nSPS) is 20.5. The molecule has 1 saturated heterocycles. The lowest BCUT2D eigenvalue weighted by Gasteiger charge is -2.17. The zero-order valence-corrected chi connectivity index (χ0v) is 14.0. The summed E-state index contributed by atoms with van der Waals surface area (Å²) in [5.74, 6) is 0.343. The van der Waals surface area contributed by atoms with Crippen LogP contribution >= 0.6 is 11.6 Å². The Bertz CT molecular complexity index is 956. The van der Waals surface area contributed by atoms with Gasteiger partial charge in [0.1, 0.15) is 18.1 Å². The van der Waals surface area contributed by atoms with Crippen molar-refractivity contribution in [3.63, 3.8) is 0 Å². The van der Waals surface area contributed by atoms with E-state index in [2.05, 4.69) is 15.1 Å². The summed E-state index contributed by atoms with van der Waals surface area (Å²) in [7, 11) is 0. The molecular formula is C16H13ClF3N5O. The van der Waals surface area contributed by atoms with Crippen molar-refractivity contribution < 1.29 is 18.3 Å². The zero-order valence-electron chi connectivity index (χ0n) is 13.2. The molecule has 0 spiro atoms. The molecule has 4 rings (SSSR count). The van der Waals surface area contributed by atoms with Crippen LogP contribution in [0.15, 0.2) is 30.5 Å². The van der Waals surface area contributed by atoms with Crippen molar-refractivity contribution in [3.8, 4) is 5.69 Å². The highest BCUT2D eigenvalue weighted by atomic mass is 35.5. The van der Waals surface area contributed by atoms with Gasteiger partial charge in [-0.1, -0.05) is 12.1 Å². The van der Waals surface area contributed by atoms with E-state index in [1.165, 1.54) is 29.1 Å². The molecule has 26 heavy (non-hydrogen) atoms. The Labute approximate surface area is 150 Å². The molecule has 1 aliphatic heterocycles. The van der Waals surface area contributed by atoms with Gasteiger partial charge < -0.3 is 10.0 Å². The number of nitrogens with zero attached hydrogens (tertiary/aromatic N) is 5. The van der Waals surface area contributed by atoms with E-state index in [0.29, 0.717) is 22.5 Å². The minimum absolute atomic E-state index is 0.0321. The molecule has 1 fully saturated rings. The molecule has 3 aromatic rings. The van der Waals surface area contributed by atoms with E-state index in [9.17, 15) is 18.3 Å². The Hall–Kier alpha value is -2.39. The molecule has 1 aliphatic rings. The number of halogens is 4. The van der Waals surface area contributed by atoms with Crippen LogP contribution in [0.1, 0.15) is 12.0 Å². The highest BCUT2D eigenvalue weighted by molar-refractivity contribution is 6.28. The van der Waals surface area contributed by atoms with Gasteiger partial charge in [0.25, 0.3) is 6.43 Å². The second kappa shape index (κ2) is 6.40. The average molecular weight is 384 g/mol. The maximum atomic E-state index is 13.7. The third kappa shape index (κ3) is 2.86. The van der Waals surface area contributed by atoms with Gasteiger partial charge in [-0.15, -0.1) is 0 Å². The molecule has 10 heteroatoms. The van der Waals surface area contributed by atoms with Crippen molar-refractivity contribution in [2.75, 3.05) is 18.0 Å². The van der Waals surface area contributed by atoms with Gasteiger partial charge in [-0.25, -0.2) is 17.9 Å². The number of hydrogen-bond acceptors (Lipinski definition) is 5. The molecule has 1 aromatic carbocycles. The van der Waals surface area contributed by atoms with E-state index in [1.807, 2.05) is 0 Å². The summed E-state index contributed by atoms with van der Waals surface area (Å²) in [6.07, 6.45) is -3.65. The minimum Gasteiger partial charge on any atom is -0.388 e. The molecule has 0 radical (unpaired) electrons. The fraction of sp³-hybridized carbons (Fsp3) is 0.312. The third-order valence-corrected chi connectivity index (χ3v) is 4.44. The van der Waals surface area contributed by atoms with E-state index in [0.717, 1.165) is 0 Å². The summed E-state index contributed by atoms with van der Waals surface area (Å²) in [5, 5.41) is 14.3. The highest BCUT2D eigenvalue weighted by Gasteiger charge is 2.33. The highest BCUT2D eigenvalue weighted by Crippen LogP contribution is 2.30. The van der Waals surface area contributed by atoms with Crippen molar-refractivity contribution in [2.24, 2.45) is 0 Å². The Morgan fingerprint density at radius 1 is 1.23 bits per heavy atom. The molecule has 136 valence electrons. The van der Waals surface area contributed by atoms with E-state index in [-0.39, 0.29) is 23.9 Å². The number of benzene rings is 1. The number of aromatic nitrogens is 4. The van der Waals surface area contributed by atoms with Crippen LogP contribution in [-0.4, -0.2) is 50.2 Å². The van der Waals surface area contributed by atoms with Gasteiger partial charge >= 0.3 is 0 Å². The fourth-order valence-corrected chi connectivity index (χ4v) is 3.17. The standard InChI is InChI=1S/C16H13ClF3N5O/c17-16-22-14(24-6-11(18)12(26)7-24)10-5-21-25(15(10)23-16)9-3-1-2-8(4-9)13(19)20/h1-5,11-13,26H,6-7H2/t11-,12-/m1/s1. The Morgan fingerprint density at radius 2 is 2.04 bits per heavy atom. The summed E-state index contributed by atoms with van der Waals surface area (Å²) in [6.45, 7) is 0.0330. The molecule has 0 amide bonds. The summed E-state index contributed by atoms with van der Waals surface area (Å²) in [4.78, 5) is 9.84. The summed E-state index contributed by atoms with van der Waals surface area (Å²) >= 11 is 6.01. The van der Waals surface area contributed by atoms with Crippen molar-refractivity contribution in [3.05, 3.63) is 41.3 Å². The van der Waals surface area contributed by atoms with Gasteiger partial charge in [0.05, 0.1) is 23.8 Å². The Morgan fingerprint density at radius 3 is 2.73 bits per heavy atom. The molecule has 6 nitrogen and oxygen atoms in total. The first-order chi connectivity index (χ1) is 12.4. The van der Waals surface area contributed by atoms with Gasteiger partial charge in [0.2, 0.25) is 5.28 Å². The number of hydrogen-bond donors (Lipinski definition) is 1. The molecule has 3 heterocycles. The number of fused-ring (bicyclic) bond motifs is 1. The quantitative estimate of drug-likeness (QED) is 0.704. The number of rotatable bonds is 3. The summed E-state index contributed by atoms with van der Waals surface area (Å²) in [5.41, 5.74) is 0.556. The molecule has 0 saturated carbocycles. The van der Waals surface area contributed by atoms with Gasteiger partial charge in [0.15, 0.2) is 5.65 Å². The van der Waals surface area contributed by atoms with Crippen LogP contribution in [0, 0.1) is 0 Å². The van der Waals surface area contributed by atoms with Crippen LogP contribution in [0.2, 0.25) is 5.28 Å². The number of aliphatic hydroxyl groups excluding tert-OH is 1. The smallest absolute Gasteiger partial charge is 0.263 e. The van der Waals surface area contributed by atoms with Gasteiger partial charge in [-0.3, -0.25) is 0 Å². The lowest BCUT2D eigenvalue weighted by atomic mass is 10.2. The first kappa shape index (κ1) is 17.0. The number of alkyl halides is 3. The number of aliphatic hydroxyl groups is 1. The minimum atomic E-state index is -2.61. The van der Waals surface area contributed by atoms with Crippen LogP contribution in [0.25, 0.3) is 16.7 Å². The molecule has 1 N–H and O–H groups in total. The number of β-amino-alcohol motifs (C(OH)–C–C–N with tert-alkyl or cyclic N) is 1. The van der Waals surface area contributed by atoms with Crippen LogP contribution in [0.3, 0.4) is 0 Å². The number of anilines is 1. The van der Waals surface area contributed by atoms with E-state index in [1.54, 1.807) is 11.0 Å². The van der Waals surface area contributed by atoms with Gasteiger partial charge in [-0.05, 0) is 23.7 Å². The largest absolute Gasteiger partial charge is 0.388 e. The van der Waals surface area contributed by atoms with Crippen LogP contribution in [-0.2, 0) is 0 Å². The van der Waals surface area contributed by atoms with Crippen molar-refractivity contribution in [1.82, 2.24) is 19.7 Å². The Kier molecular flexibility index (Phi) is 4.20. The molecule has 0 aliphatic carbocycles. The second-order valence-electron chi connectivity index (χ2n) is 5.99. The van der Waals surface area contributed by atoms with Crippen molar-refractivity contribution in [1.29, 1.82) is 0 Å². The monoisotopic (exact) mass is 383 g/mol. The van der Waals surface area contributed by atoms with Crippen LogP contribution < -0.4 is 4.90 Å². The first-order valence-corrected chi connectivity index (χ1v) is 8.18. The fourth-order valence-electron chi connectivity index (χ4n) is 3.01. The average Bonchev–Trinajstić information content (AvgIpc) is 3.18. The predicted molar refractivity (Wildman–Crippen MR) is 89.7 cm³/mol. The van der Waals surface area contributed by atoms with E-state index >= 15 is 0 Å². The zero-order chi connectivity index (χ0) is 18.4. The summed E-state index contributed by atoms with van der Waals surface area (Å²) in [6, 6.07) is 5.74. The Balaban J connectivity index is 1.83. The van der Waals surface area contributed by atoms with Crippen LogP contribution in [0.5, 0.6) is 0 Å². The molecule has 0 unspecified atom stereocenters. The topological polar surface area (TPSA) is 67.1 Å². The lowest BCUT2D eigenvalue weighted by Crippen LogP contribution is -2.22. The molecule has 2 aromatic heterocycles. The lowest BCUT2D eigenvalue weighted by molar-refractivity contribution is 0.118. The van der Waals surface area contributed by atoms with E-state index < -0.39 is 18.7 Å². The predicted octanol–water partition coefficient (Wildman–Crippen LogP) is 2.93. The SMILES string of the molecule is O[C@@H]1CN(c2nc(Cl)nc3c2cnn3-c2cccc(C(F)F)c2)C[C@H]1F. The maximum Gasteiger partial charge on any atom is 0.263 e. The summed E-state index contributed by atoms with van der Waals surface area (Å²) < 4.78 is 41.0. The van der Waals surface area contributed by atoms with E-state index in [4.69, 9.17) is 11.6 Å². The van der Waals surface area contributed by atoms with Crippen molar-refractivity contribution >= 4 is 28.5 Å². The molecule has 2 atom stereocenters. The maximum absolute atomic E-state index is 13.7. The van der Waals surface area contributed by atoms with Gasteiger partial charge in [0, 0.05) is 12.1 Å². The second-order valence-corrected chi connectivity index (χ2v) is 6.33. The molecular weight excluding hydrogens is 371 g/mol.